The Labute approximate surface area is 119 Å². The van der Waals surface area contributed by atoms with E-state index in [1.165, 1.54) is 17.3 Å². The van der Waals surface area contributed by atoms with Crippen LogP contribution in [0.15, 0.2) is 35.7 Å². The van der Waals surface area contributed by atoms with Crippen LogP contribution in [-0.2, 0) is 6.54 Å². The molecule has 0 radical (unpaired) electrons. The van der Waals surface area contributed by atoms with Gasteiger partial charge in [-0.05, 0) is 6.07 Å². The summed E-state index contributed by atoms with van der Waals surface area (Å²) in [6.45, 7) is 0.585. The maximum Gasteiger partial charge on any atom is 0.258 e. The molecule has 0 bridgehead atoms. The Bertz CT molecular complexity index is 695. The van der Waals surface area contributed by atoms with Gasteiger partial charge in [0, 0.05) is 19.2 Å². The first-order valence-electron chi connectivity index (χ1n) is 6.06. The number of rotatable bonds is 5. The van der Waals surface area contributed by atoms with Crippen LogP contribution in [0.1, 0.15) is 5.56 Å². The number of nitrogens with zero attached hydrogens (tertiary/aromatic N) is 7. The molecule has 3 heterocycles. The second kappa shape index (κ2) is 5.54. The Morgan fingerprint density at radius 2 is 2.29 bits per heavy atom. The number of nitrogens with two attached hydrogens (primary N) is 1. The van der Waals surface area contributed by atoms with Crippen LogP contribution in [0, 0.1) is 0 Å². The molecule has 3 N–H and O–H groups in total. The molecule has 0 aromatic carbocycles. The molecular formula is C11H13N9O. The van der Waals surface area contributed by atoms with Crippen molar-refractivity contribution in [3.63, 3.8) is 0 Å². The normalized spacial score (nSPS) is 10.6. The Kier molecular flexibility index (Phi) is 3.43. The summed E-state index contributed by atoms with van der Waals surface area (Å²) in [5.41, 5.74) is 3.42. The molecule has 0 fully saturated rings. The van der Waals surface area contributed by atoms with Crippen LogP contribution in [0.4, 0.5) is 11.9 Å². The lowest BCUT2D eigenvalue weighted by Gasteiger charge is -2.17. The summed E-state index contributed by atoms with van der Waals surface area (Å²) in [7, 11) is 1.85. The van der Waals surface area contributed by atoms with E-state index in [1.807, 2.05) is 18.0 Å². The molecule has 0 saturated carbocycles. The van der Waals surface area contributed by atoms with E-state index < -0.39 is 0 Å². The van der Waals surface area contributed by atoms with Crippen molar-refractivity contribution in [2.75, 3.05) is 17.4 Å². The third kappa shape index (κ3) is 2.79. The first-order chi connectivity index (χ1) is 10.3. The molecule has 0 saturated heterocycles. The van der Waals surface area contributed by atoms with Gasteiger partial charge in [-0.3, -0.25) is 5.43 Å². The maximum absolute atomic E-state index is 5.40. The van der Waals surface area contributed by atoms with Gasteiger partial charge in [0.15, 0.2) is 0 Å². The van der Waals surface area contributed by atoms with E-state index in [9.17, 15) is 0 Å². The van der Waals surface area contributed by atoms with E-state index in [4.69, 9.17) is 10.3 Å². The highest BCUT2D eigenvalue weighted by atomic mass is 16.3. The number of nitrogens with one attached hydrogen (secondary N) is 1. The van der Waals surface area contributed by atoms with E-state index >= 15 is 0 Å². The average Bonchev–Trinajstić information content (AvgIpc) is 3.20. The van der Waals surface area contributed by atoms with Crippen molar-refractivity contribution in [2.45, 2.75) is 6.54 Å². The molecule has 108 valence electrons. The molecule has 21 heavy (non-hydrogen) atoms. The van der Waals surface area contributed by atoms with Gasteiger partial charge < -0.3 is 9.32 Å². The van der Waals surface area contributed by atoms with Gasteiger partial charge in [0.05, 0.1) is 12.5 Å². The summed E-state index contributed by atoms with van der Waals surface area (Å²) < 4.78 is 6.47. The number of aromatic nitrogens is 6. The van der Waals surface area contributed by atoms with Crippen LogP contribution < -0.4 is 16.2 Å². The number of furan rings is 1. The van der Waals surface area contributed by atoms with Gasteiger partial charge in [0.25, 0.3) is 5.95 Å². The first kappa shape index (κ1) is 13.0. The average molecular weight is 287 g/mol. The third-order valence-corrected chi connectivity index (χ3v) is 2.71. The summed E-state index contributed by atoms with van der Waals surface area (Å²) in [4.78, 5) is 18.4. The van der Waals surface area contributed by atoms with E-state index in [1.54, 1.807) is 12.5 Å². The van der Waals surface area contributed by atoms with Crippen LogP contribution in [0.2, 0.25) is 0 Å². The van der Waals surface area contributed by atoms with Crippen LogP contribution in [0.3, 0.4) is 0 Å². The van der Waals surface area contributed by atoms with Crippen molar-refractivity contribution < 1.29 is 4.42 Å². The zero-order valence-electron chi connectivity index (χ0n) is 11.2. The first-order valence-corrected chi connectivity index (χ1v) is 6.06. The topological polar surface area (TPSA) is 124 Å². The highest BCUT2D eigenvalue weighted by Gasteiger charge is 2.12. The van der Waals surface area contributed by atoms with Crippen molar-refractivity contribution >= 4 is 11.9 Å². The van der Waals surface area contributed by atoms with Gasteiger partial charge in [0.1, 0.15) is 12.7 Å². The molecule has 0 aliphatic rings. The molecule has 0 atom stereocenters. The molecule has 0 aliphatic heterocycles. The van der Waals surface area contributed by atoms with Gasteiger partial charge in [-0.1, -0.05) is 0 Å². The largest absolute Gasteiger partial charge is 0.472 e. The lowest BCUT2D eigenvalue weighted by atomic mass is 10.3. The molecule has 0 unspecified atom stereocenters. The predicted octanol–water partition coefficient (Wildman–Crippen LogP) is -0.0327. The second-order valence-corrected chi connectivity index (χ2v) is 4.23. The summed E-state index contributed by atoms with van der Waals surface area (Å²) >= 11 is 0. The Hall–Kier alpha value is -3.01. The van der Waals surface area contributed by atoms with E-state index in [0.29, 0.717) is 18.4 Å². The fourth-order valence-corrected chi connectivity index (χ4v) is 1.73. The molecule has 10 heteroatoms. The zero-order chi connectivity index (χ0) is 14.7. The minimum atomic E-state index is 0.240. The van der Waals surface area contributed by atoms with Gasteiger partial charge in [-0.25, -0.2) is 10.8 Å². The third-order valence-electron chi connectivity index (χ3n) is 2.71. The van der Waals surface area contributed by atoms with E-state index in [2.05, 4.69) is 30.5 Å². The van der Waals surface area contributed by atoms with Crippen molar-refractivity contribution in [1.29, 1.82) is 0 Å². The van der Waals surface area contributed by atoms with Gasteiger partial charge in [-0.15, -0.1) is 0 Å². The number of hydrogen-bond acceptors (Lipinski definition) is 9. The van der Waals surface area contributed by atoms with Crippen LogP contribution in [0.25, 0.3) is 5.95 Å². The van der Waals surface area contributed by atoms with Crippen molar-refractivity contribution in [1.82, 2.24) is 29.7 Å². The molecule has 0 spiro atoms. The smallest absolute Gasteiger partial charge is 0.258 e. The molecule has 3 rings (SSSR count). The second-order valence-electron chi connectivity index (χ2n) is 4.23. The number of hydrazine groups is 1. The molecule has 0 aliphatic carbocycles. The predicted molar refractivity (Wildman–Crippen MR) is 73.4 cm³/mol. The standard InChI is InChI=1S/C11H13N9O/c1-19(4-8-2-3-21-5-8)10-15-9(18-12)16-11(17-10)20-7-13-6-14-20/h2-3,5-7H,4,12H2,1H3,(H,15,16,17,18). The fraction of sp³-hybridized carbons (Fsp3) is 0.182. The Morgan fingerprint density at radius 1 is 1.38 bits per heavy atom. The SMILES string of the molecule is CN(Cc1ccoc1)c1nc(NN)nc(-n2cncn2)n1. The number of nitrogen functional groups attached to an aromatic ring is 1. The summed E-state index contributed by atoms with van der Waals surface area (Å²) in [5, 5.41) is 3.99. The number of anilines is 2. The zero-order valence-corrected chi connectivity index (χ0v) is 11.2. The monoisotopic (exact) mass is 287 g/mol. The van der Waals surface area contributed by atoms with E-state index in [0.717, 1.165) is 5.56 Å². The molecule has 0 amide bonds. The molecule has 10 nitrogen and oxygen atoms in total. The lowest BCUT2D eigenvalue weighted by molar-refractivity contribution is 0.563. The van der Waals surface area contributed by atoms with Gasteiger partial charge in [-0.2, -0.15) is 24.7 Å². The van der Waals surface area contributed by atoms with Crippen LogP contribution in [-0.4, -0.2) is 36.8 Å². The maximum atomic E-state index is 5.40. The highest BCUT2D eigenvalue weighted by Crippen LogP contribution is 2.14. The minimum absolute atomic E-state index is 0.240. The summed E-state index contributed by atoms with van der Waals surface area (Å²) in [6, 6.07) is 1.87. The van der Waals surface area contributed by atoms with Crippen LogP contribution >= 0.6 is 0 Å². The van der Waals surface area contributed by atoms with Crippen molar-refractivity contribution in [3.8, 4) is 5.95 Å². The Balaban J connectivity index is 1.92. The van der Waals surface area contributed by atoms with Crippen LogP contribution in [0.5, 0.6) is 0 Å². The van der Waals surface area contributed by atoms with Gasteiger partial charge in [0.2, 0.25) is 11.9 Å². The number of hydrogen-bond donors (Lipinski definition) is 2. The summed E-state index contributed by atoms with van der Waals surface area (Å²) in [5.74, 6) is 6.41. The van der Waals surface area contributed by atoms with E-state index in [-0.39, 0.29) is 5.95 Å². The highest BCUT2D eigenvalue weighted by molar-refractivity contribution is 5.39. The lowest BCUT2D eigenvalue weighted by Crippen LogP contribution is -2.22. The van der Waals surface area contributed by atoms with Gasteiger partial charge >= 0.3 is 0 Å². The molecule has 3 aromatic rings. The Morgan fingerprint density at radius 3 is 2.95 bits per heavy atom. The molecule has 3 aromatic heterocycles. The minimum Gasteiger partial charge on any atom is -0.472 e. The van der Waals surface area contributed by atoms with Crippen molar-refractivity contribution in [3.05, 3.63) is 36.8 Å². The molecular weight excluding hydrogens is 274 g/mol. The fourth-order valence-electron chi connectivity index (χ4n) is 1.73. The quantitative estimate of drug-likeness (QED) is 0.491. The van der Waals surface area contributed by atoms with Crippen molar-refractivity contribution in [2.24, 2.45) is 5.84 Å². The summed E-state index contributed by atoms with van der Waals surface area (Å²) in [6.07, 6.45) is 6.17.